The van der Waals surface area contributed by atoms with Crippen LogP contribution in [0.25, 0.3) is 71.5 Å². The average molecular weight is 1440 g/mol. The molecule has 16 rings (SSSR count). The number of halogens is 1. The quantitative estimate of drug-likeness (QED) is 0.0912. The Kier molecular flexibility index (Phi) is 25.7. The van der Waals surface area contributed by atoms with Crippen LogP contribution in [0.2, 0.25) is 39.3 Å². The van der Waals surface area contributed by atoms with Gasteiger partial charge >= 0.3 is 40.6 Å². The summed E-state index contributed by atoms with van der Waals surface area (Å²) in [6, 6.07) is 48.5. The van der Waals surface area contributed by atoms with Gasteiger partial charge in [-0.3, -0.25) is 0 Å². The van der Waals surface area contributed by atoms with Gasteiger partial charge in [0.25, 0.3) is 7.55 Å². The summed E-state index contributed by atoms with van der Waals surface area (Å²) in [4.78, 5) is 13.0. The van der Waals surface area contributed by atoms with Crippen LogP contribution in [0, 0.1) is 72.6 Å². The molecule has 7 nitrogen and oxygen atoms in total. The molecule has 4 fully saturated rings. The molecule has 7 unspecified atom stereocenters. The maximum absolute atomic E-state index is 6.87. The van der Waals surface area contributed by atoms with Gasteiger partial charge in [0.15, 0.2) is 0 Å². The number of nitrogens with two attached hydrogens (primary N) is 1. The molecule has 4 heterocycles. The van der Waals surface area contributed by atoms with E-state index in [1.807, 2.05) is 20.8 Å². The minimum atomic E-state index is -2.00. The monoisotopic (exact) mass is 1440 g/mol. The third-order valence-electron chi connectivity index (χ3n) is 22.0. The Morgan fingerprint density at radius 3 is 1.72 bits per heavy atom. The molecular weight excluding hydrogens is 1320 g/mol. The summed E-state index contributed by atoms with van der Waals surface area (Å²) < 4.78 is 8.23. The fourth-order valence-corrected chi connectivity index (χ4v) is 29.0. The van der Waals surface area contributed by atoms with Gasteiger partial charge in [0.1, 0.15) is 0 Å². The molecule has 9 aromatic rings. The maximum atomic E-state index is 6.87. The van der Waals surface area contributed by atoms with E-state index in [-0.39, 0.29) is 86.3 Å². The minimum absolute atomic E-state index is 0. The molecular formula is C87H125ClLiN7Si3Ti. The van der Waals surface area contributed by atoms with Crippen LogP contribution in [0.15, 0.2) is 127 Å². The zero-order valence-electron chi connectivity index (χ0n) is 67.5. The Hall–Kier alpha value is -3.97. The number of hydrogen-bond donors (Lipinski definition) is 3. The van der Waals surface area contributed by atoms with Crippen molar-refractivity contribution in [2.75, 3.05) is 0 Å². The molecule has 7 atom stereocenters. The number of benzene rings is 6. The molecule has 0 bridgehead atoms. The van der Waals surface area contributed by atoms with Crippen LogP contribution in [0.4, 0.5) is 0 Å². The summed E-state index contributed by atoms with van der Waals surface area (Å²) in [5.41, 5.74) is 30.5. The molecule has 0 amide bonds. The molecule has 4 N–H and O–H groups in total. The standard InChI is InChI=1S/C24H32N2Si.C22H41N2Si.C18H18ClNSi.C16H13N.C4H11N.3CH3.Li.Ti.H/c1-16-13-14-20-18(15-16)21-22(26(20)27(7,8)25-23(2,3)4)17-11-9-10-12-19(17)24(21,5)6;1-15-11-12-20-18(13-15)19-14-16-9-7-8-10-17(16)21(19)24(20)25(5,6)23-22(2,3)4;1-12-8-9-17-15(10-12)16-11-13-6-4-5-7-14(13)18(16)20(17)21(2,3)19;1-10-6-7-15-13(8-10)14-9-11-4-2-3-5-12(11)16(14)17-15;1-4(2,3)5;;;;;;/h9-15,25H,1-8H3;15-21H,7-14H2,1-6H3;4-10H,11H2,1-3H3;2-8,17H,9H2,1H3;5H2,1-3H3;3*1H3;;;/q;-1;;;;3*-1;+1;+4;-1. The van der Waals surface area contributed by atoms with E-state index in [2.05, 4.69) is 273 Å². The predicted octanol–water partition coefficient (Wildman–Crippen LogP) is 20.9. The normalized spacial score (nSPS) is 21.2. The fraction of sp³-hybridized carbons (Fsp3) is 0.483. The smallest absolute Gasteiger partial charge is 1.00 e. The van der Waals surface area contributed by atoms with Gasteiger partial charge in [-0.15, -0.1) is 16.6 Å². The number of fused-ring (bicyclic) bond motifs is 20. The van der Waals surface area contributed by atoms with E-state index >= 15 is 0 Å². The van der Waals surface area contributed by atoms with E-state index in [1.165, 1.54) is 161 Å². The van der Waals surface area contributed by atoms with Crippen LogP contribution in [-0.2, 0) is 40.0 Å². The zero-order valence-corrected chi connectivity index (χ0v) is 71.8. The molecule has 6 aliphatic carbocycles. The first-order valence-corrected chi connectivity index (χ1v) is 46.2. The second-order valence-electron chi connectivity index (χ2n) is 35.3. The molecule has 100 heavy (non-hydrogen) atoms. The molecule has 0 radical (unpaired) electrons. The van der Waals surface area contributed by atoms with E-state index in [1.54, 1.807) is 6.42 Å². The van der Waals surface area contributed by atoms with Crippen molar-refractivity contribution in [2.24, 2.45) is 35.3 Å². The fourth-order valence-electron chi connectivity index (χ4n) is 19.4. The number of nitrogens with one attached hydrogen (secondary N) is 2. The van der Waals surface area contributed by atoms with Crippen molar-refractivity contribution in [3.63, 3.8) is 0 Å². The van der Waals surface area contributed by atoms with E-state index < -0.39 is 24.3 Å². The van der Waals surface area contributed by atoms with Crippen LogP contribution in [0.1, 0.15) is 186 Å². The van der Waals surface area contributed by atoms with Crippen LogP contribution in [0.3, 0.4) is 0 Å². The third kappa shape index (κ3) is 16.5. The van der Waals surface area contributed by atoms with E-state index in [0.29, 0.717) is 0 Å². The predicted molar refractivity (Wildman–Crippen MR) is 439 cm³/mol. The Morgan fingerprint density at radius 2 is 1.12 bits per heavy atom. The summed E-state index contributed by atoms with van der Waals surface area (Å²) in [6.45, 7) is 47.9. The largest absolute Gasteiger partial charge is 4.00 e. The second kappa shape index (κ2) is 30.9. The molecule has 13 heteroatoms. The average Bonchev–Trinajstić information content (AvgIpc) is 1.53. The summed E-state index contributed by atoms with van der Waals surface area (Å²) in [5.74, 6) is 4.99. The second-order valence-corrected chi connectivity index (χ2v) is 48.9. The first-order valence-electron chi connectivity index (χ1n) is 36.4. The van der Waals surface area contributed by atoms with E-state index in [9.17, 15) is 0 Å². The number of H-pyrrole nitrogens is 1. The first-order chi connectivity index (χ1) is 44.4. The van der Waals surface area contributed by atoms with Gasteiger partial charge in [-0.05, 0) is 220 Å². The number of nitrogens with zero attached hydrogens (tertiary/aromatic N) is 4. The van der Waals surface area contributed by atoms with Gasteiger partial charge < -0.3 is 57.4 Å². The number of rotatable bonds is 5. The van der Waals surface area contributed by atoms with Crippen molar-refractivity contribution < 1.29 is 42.0 Å². The molecule has 3 saturated carbocycles. The topological polar surface area (TPSA) is 81.0 Å². The number of aromatic nitrogens is 3. The number of aryl methyl sites for hydroxylation is 3. The molecule has 0 spiro atoms. The van der Waals surface area contributed by atoms with E-state index in [4.69, 9.17) is 21.8 Å². The molecule has 6 aromatic carbocycles. The zero-order chi connectivity index (χ0) is 68.4. The van der Waals surface area contributed by atoms with Gasteiger partial charge in [-0.1, -0.05) is 182 Å². The molecule has 1 aliphatic heterocycles. The van der Waals surface area contributed by atoms with Crippen molar-refractivity contribution in [3.05, 3.63) is 205 Å². The summed E-state index contributed by atoms with van der Waals surface area (Å²) in [7, 11) is -5.70. The maximum Gasteiger partial charge on any atom is 4.00 e. The Labute approximate surface area is 643 Å². The first kappa shape index (κ1) is 83.3. The van der Waals surface area contributed by atoms with Crippen molar-refractivity contribution in [3.8, 4) is 33.8 Å². The van der Waals surface area contributed by atoms with Crippen LogP contribution >= 0.6 is 11.1 Å². The van der Waals surface area contributed by atoms with E-state index in [0.717, 1.165) is 54.5 Å². The summed E-state index contributed by atoms with van der Waals surface area (Å²) in [5, 5.41) is 4.18. The van der Waals surface area contributed by atoms with Gasteiger partial charge in [-0.2, -0.15) is 0 Å². The van der Waals surface area contributed by atoms with Gasteiger partial charge in [-0.25, -0.2) is 0 Å². The van der Waals surface area contributed by atoms with Crippen molar-refractivity contribution >= 4 is 68.1 Å². The number of hydrogen-bond acceptors (Lipinski definition) is 3. The van der Waals surface area contributed by atoms with Gasteiger partial charge in [0.05, 0.1) is 5.69 Å². The van der Waals surface area contributed by atoms with Crippen LogP contribution in [-0.4, -0.2) is 71.1 Å². The van der Waals surface area contributed by atoms with Gasteiger partial charge in [0.2, 0.25) is 8.40 Å². The minimum Gasteiger partial charge on any atom is -1.00 e. The Bertz CT molecular complexity index is 4340. The Morgan fingerprint density at radius 1 is 0.600 bits per heavy atom. The molecule has 1 saturated heterocycles. The molecule has 3 aromatic heterocycles. The van der Waals surface area contributed by atoms with Crippen molar-refractivity contribution in [1.82, 2.24) is 23.0 Å². The summed E-state index contributed by atoms with van der Waals surface area (Å²) >= 11 is 6.87. The summed E-state index contributed by atoms with van der Waals surface area (Å²) in [6.07, 6.45) is 14.1. The van der Waals surface area contributed by atoms with Crippen molar-refractivity contribution in [2.45, 2.75) is 241 Å². The van der Waals surface area contributed by atoms with Crippen LogP contribution < -0.4 is 29.6 Å². The number of aromatic amines is 1. The molecule has 532 valence electrons. The third-order valence-corrected chi connectivity index (χ3v) is 30.1. The van der Waals surface area contributed by atoms with Crippen molar-refractivity contribution in [1.29, 1.82) is 0 Å². The van der Waals surface area contributed by atoms with Gasteiger partial charge in [0, 0.05) is 111 Å². The SMILES string of the molecule is CC(C)(C)N.CC1CCC2C(C1)C1CC3CCCCC3C1N2[Si](C)(C)[N-]C(C)(C)C.Cc1ccc2[nH]c3c(c2c1)Cc1ccccc1-3.Cc1ccc2c(c1)c1c(n2[Si](C)(C)Cl)-c2ccccc2C1.Cc1ccc2c(c1)c1c(n2[Si](C)(C)NC(C)(C)C)-c2ccccc2C1(C)C.[CH3-].[CH3-].[CH3-].[H-].[Li+].[Ti+4]. The molecule has 7 aliphatic rings. The van der Waals surface area contributed by atoms with Crippen LogP contribution in [0.5, 0.6) is 0 Å². The Balaban J connectivity index is 0.000000205.